The van der Waals surface area contributed by atoms with E-state index in [0.717, 1.165) is 16.2 Å². The van der Waals surface area contributed by atoms with Crippen LogP contribution in [0.5, 0.6) is 0 Å². The molecule has 0 radical (unpaired) electrons. The number of methoxy groups -OCH3 is 1. The maximum Gasteiger partial charge on any atom is 0.328 e. The Labute approximate surface area is 145 Å². The third-order valence-electron chi connectivity index (χ3n) is 4.18. The highest BCUT2D eigenvalue weighted by molar-refractivity contribution is 8.08. The first-order valence-electron chi connectivity index (χ1n) is 7.79. The normalized spacial score (nSPS) is 19.4. The zero-order valence-corrected chi connectivity index (χ0v) is 14.4. The smallest absolute Gasteiger partial charge is 0.328 e. The Bertz CT molecular complexity index is 811. The first-order chi connectivity index (χ1) is 11.6. The molecule has 0 aliphatic heterocycles. The van der Waals surface area contributed by atoms with E-state index in [1.165, 1.54) is 7.11 Å². The van der Waals surface area contributed by atoms with Crippen LogP contribution in [0.3, 0.4) is 0 Å². The number of rotatable bonds is 4. The Balaban J connectivity index is 2.32. The van der Waals surface area contributed by atoms with Crippen LogP contribution in [-0.2, 0) is 14.9 Å². The summed E-state index contributed by atoms with van der Waals surface area (Å²) >= 11 is 1.62. The second kappa shape index (κ2) is 6.65. The van der Waals surface area contributed by atoms with Crippen molar-refractivity contribution in [2.45, 2.75) is 12.3 Å². The number of carbonyl (C=O) groups excluding carboxylic acids is 2. The van der Waals surface area contributed by atoms with Crippen LogP contribution in [0.4, 0.5) is 0 Å². The molecule has 0 spiro atoms. The van der Waals surface area contributed by atoms with E-state index in [1.807, 2.05) is 43.3 Å². The first-order valence-corrected chi connectivity index (χ1v) is 8.77. The van der Waals surface area contributed by atoms with Gasteiger partial charge < -0.3 is 4.74 Å². The molecule has 1 aliphatic rings. The van der Waals surface area contributed by atoms with Crippen LogP contribution in [0.1, 0.15) is 28.4 Å². The number of esters is 1. The van der Waals surface area contributed by atoms with E-state index in [9.17, 15) is 9.59 Å². The van der Waals surface area contributed by atoms with E-state index in [-0.39, 0.29) is 5.78 Å². The minimum atomic E-state index is -1.43. The molecule has 4 heteroatoms. The van der Waals surface area contributed by atoms with Crippen LogP contribution < -0.4 is 0 Å². The molecule has 0 bridgehead atoms. The maximum atomic E-state index is 13.3. The van der Waals surface area contributed by atoms with E-state index in [1.54, 1.807) is 36.0 Å². The van der Waals surface area contributed by atoms with Gasteiger partial charge in [0.25, 0.3) is 0 Å². The number of Topliss-reactive ketones (excluding diaryl/α,β-unsaturated/α-hetero) is 1. The molecule has 0 heterocycles. The Kier molecular flexibility index (Phi) is 4.58. The molecule has 0 aromatic heterocycles. The van der Waals surface area contributed by atoms with Crippen molar-refractivity contribution >= 4 is 28.4 Å². The second-order valence-corrected chi connectivity index (χ2v) is 6.79. The molecule has 0 fully saturated rings. The lowest BCUT2D eigenvalue weighted by Crippen LogP contribution is -2.45. The van der Waals surface area contributed by atoms with Gasteiger partial charge in [-0.15, -0.1) is 11.8 Å². The minimum Gasteiger partial charge on any atom is -0.468 e. The largest absolute Gasteiger partial charge is 0.468 e. The summed E-state index contributed by atoms with van der Waals surface area (Å²) in [5.41, 5.74) is 0.641. The van der Waals surface area contributed by atoms with Gasteiger partial charge in [0.15, 0.2) is 11.2 Å². The van der Waals surface area contributed by atoms with Crippen LogP contribution in [0.15, 0.2) is 60.7 Å². The molecule has 3 rings (SSSR count). The molecule has 2 aromatic rings. The standard InChI is InChI=1S/C20H18O3S/c1-3-24-17-13-20(19(22)23-2,14-9-5-4-6-10-14)18(21)16-12-8-7-11-15(16)17/h4-13H,3H2,1-2H3. The van der Waals surface area contributed by atoms with Crippen LogP contribution >= 0.6 is 11.8 Å². The molecule has 0 saturated carbocycles. The van der Waals surface area contributed by atoms with Gasteiger partial charge in [0.1, 0.15) is 0 Å². The van der Waals surface area contributed by atoms with Crippen molar-refractivity contribution in [1.82, 2.24) is 0 Å². The average Bonchev–Trinajstić information content (AvgIpc) is 2.64. The highest BCUT2D eigenvalue weighted by atomic mass is 32.2. The predicted octanol–water partition coefficient (Wildman–Crippen LogP) is 4.09. The molecule has 0 amide bonds. The van der Waals surface area contributed by atoms with E-state index in [2.05, 4.69) is 0 Å². The first kappa shape index (κ1) is 16.5. The van der Waals surface area contributed by atoms with Gasteiger partial charge in [-0.3, -0.25) is 9.59 Å². The fourth-order valence-corrected chi connectivity index (χ4v) is 3.97. The van der Waals surface area contributed by atoms with E-state index >= 15 is 0 Å². The molecule has 122 valence electrons. The van der Waals surface area contributed by atoms with Gasteiger partial charge in [-0.05, 0) is 23.0 Å². The third-order valence-corrected chi connectivity index (χ3v) is 5.12. The highest BCUT2D eigenvalue weighted by Crippen LogP contribution is 2.44. The van der Waals surface area contributed by atoms with Crippen molar-refractivity contribution < 1.29 is 14.3 Å². The predicted molar refractivity (Wildman–Crippen MR) is 97.0 cm³/mol. The number of hydrogen-bond donors (Lipinski definition) is 0. The number of ether oxygens (including phenoxy) is 1. The van der Waals surface area contributed by atoms with E-state index in [4.69, 9.17) is 4.74 Å². The second-order valence-electron chi connectivity index (χ2n) is 5.48. The van der Waals surface area contributed by atoms with Crippen molar-refractivity contribution in [1.29, 1.82) is 0 Å². The summed E-state index contributed by atoms with van der Waals surface area (Å²) in [6.07, 6.45) is 1.77. The molecule has 24 heavy (non-hydrogen) atoms. The summed E-state index contributed by atoms with van der Waals surface area (Å²) in [7, 11) is 1.32. The van der Waals surface area contributed by atoms with Crippen molar-refractivity contribution in [3.05, 3.63) is 77.4 Å². The number of benzene rings is 2. The fraction of sp³-hybridized carbons (Fsp3) is 0.200. The van der Waals surface area contributed by atoms with Gasteiger partial charge in [0.2, 0.25) is 0 Å². The van der Waals surface area contributed by atoms with Crippen LogP contribution in [-0.4, -0.2) is 24.6 Å². The zero-order valence-electron chi connectivity index (χ0n) is 13.6. The van der Waals surface area contributed by atoms with Crippen LogP contribution in [0.25, 0.3) is 4.91 Å². The number of carbonyl (C=O) groups is 2. The molecule has 0 saturated heterocycles. The Morgan fingerprint density at radius 2 is 1.67 bits per heavy atom. The van der Waals surface area contributed by atoms with E-state index < -0.39 is 11.4 Å². The molecule has 1 unspecified atom stereocenters. The van der Waals surface area contributed by atoms with Crippen molar-refractivity contribution in [3.63, 3.8) is 0 Å². The maximum absolute atomic E-state index is 13.3. The summed E-state index contributed by atoms with van der Waals surface area (Å²) in [5.74, 6) is 0.0550. The lowest BCUT2D eigenvalue weighted by atomic mass is 9.70. The SMILES string of the molecule is CCSC1=CC(C(=O)OC)(c2ccccc2)C(=O)c2ccccc21. The van der Waals surface area contributed by atoms with Crippen molar-refractivity contribution in [3.8, 4) is 0 Å². The molecule has 1 atom stereocenters. The fourth-order valence-electron chi connectivity index (χ4n) is 3.07. The molecule has 2 aromatic carbocycles. The van der Waals surface area contributed by atoms with Crippen molar-refractivity contribution in [2.75, 3.05) is 12.9 Å². The van der Waals surface area contributed by atoms with Gasteiger partial charge in [-0.1, -0.05) is 61.5 Å². The number of thioether (sulfide) groups is 1. The Morgan fingerprint density at radius 3 is 2.29 bits per heavy atom. The van der Waals surface area contributed by atoms with Gasteiger partial charge in [-0.25, -0.2) is 0 Å². The zero-order chi connectivity index (χ0) is 17.2. The minimum absolute atomic E-state index is 0.239. The van der Waals surface area contributed by atoms with Gasteiger partial charge in [-0.2, -0.15) is 0 Å². The summed E-state index contributed by atoms with van der Waals surface area (Å²) in [6, 6.07) is 16.5. The summed E-state index contributed by atoms with van der Waals surface area (Å²) in [6.45, 7) is 2.05. The molecular weight excluding hydrogens is 320 g/mol. The summed E-state index contributed by atoms with van der Waals surface area (Å²) in [4.78, 5) is 27.0. The lowest BCUT2D eigenvalue weighted by Gasteiger charge is -2.32. The molecule has 0 N–H and O–H groups in total. The Morgan fingerprint density at radius 1 is 1.04 bits per heavy atom. The molecule has 3 nitrogen and oxygen atoms in total. The van der Waals surface area contributed by atoms with Crippen LogP contribution in [0.2, 0.25) is 0 Å². The topological polar surface area (TPSA) is 43.4 Å². The number of fused-ring (bicyclic) bond motifs is 1. The third kappa shape index (κ3) is 2.47. The van der Waals surface area contributed by atoms with Gasteiger partial charge in [0, 0.05) is 10.5 Å². The van der Waals surface area contributed by atoms with Crippen LogP contribution in [0, 0.1) is 0 Å². The molecular formula is C20H18O3S. The summed E-state index contributed by atoms with van der Waals surface area (Å²) < 4.78 is 5.05. The highest BCUT2D eigenvalue weighted by Gasteiger charge is 2.50. The monoisotopic (exact) mass is 338 g/mol. The Hall–Kier alpha value is -2.33. The lowest BCUT2D eigenvalue weighted by molar-refractivity contribution is -0.143. The summed E-state index contributed by atoms with van der Waals surface area (Å²) in [5, 5.41) is 0. The quantitative estimate of drug-likeness (QED) is 0.622. The number of hydrogen-bond acceptors (Lipinski definition) is 4. The van der Waals surface area contributed by atoms with E-state index in [0.29, 0.717) is 11.1 Å². The van der Waals surface area contributed by atoms with Crippen molar-refractivity contribution in [2.24, 2.45) is 0 Å². The number of ketones is 1. The average molecular weight is 338 g/mol. The molecule has 1 aliphatic carbocycles. The van der Waals surface area contributed by atoms with Gasteiger partial charge in [0.05, 0.1) is 7.11 Å². The van der Waals surface area contributed by atoms with Gasteiger partial charge >= 0.3 is 5.97 Å².